The minimum Gasteiger partial charge on any atom is -0.422 e. The monoisotopic (exact) mass is 343 g/mol. The fourth-order valence-corrected chi connectivity index (χ4v) is 2.98. The van der Waals surface area contributed by atoms with Crippen molar-refractivity contribution in [2.24, 2.45) is 5.10 Å². The third kappa shape index (κ3) is 4.24. The molecule has 1 N–H and O–H groups in total. The van der Waals surface area contributed by atoms with Crippen molar-refractivity contribution in [2.75, 3.05) is 5.43 Å². The molecule has 7 heteroatoms. The first-order valence-corrected chi connectivity index (χ1v) is 8.53. The number of nitrogens with one attached hydrogen (secondary N) is 1. The lowest BCUT2D eigenvalue weighted by atomic mass is 10.2. The van der Waals surface area contributed by atoms with Crippen LogP contribution in [0.15, 0.2) is 52.3 Å². The molecule has 5 nitrogen and oxygen atoms in total. The maximum absolute atomic E-state index is 11.8. The van der Waals surface area contributed by atoms with Crippen molar-refractivity contribution in [2.45, 2.75) is 6.92 Å². The highest BCUT2D eigenvalue weighted by molar-refractivity contribution is 7.13. The maximum Gasteiger partial charge on any atom is 0.353 e. The first-order valence-electron chi connectivity index (χ1n) is 6.78. The summed E-state index contributed by atoms with van der Waals surface area (Å²) >= 11 is 2.86. The normalized spacial score (nSPS) is 10.8. The standard InChI is InChI=1S/C16H13N3O2S2/c1-11-10-23-16(18-11)19-17-9-12-4-6-13(7-5-12)21-15(20)14-3-2-8-22-14/h2-10H,1H3,(H,18,19). The number of ether oxygens (including phenoxy) is 1. The Hall–Kier alpha value is -2.51. The van der Waals surface area contributed by atoms with Gasteiger partial charge >= 0.3 is 5.97 Å². The largest absolute Gasteiger partial charge is 0.422 e. The van der Waals surface area contributed by atoms with Crippen molar-refractivity contribution in [1.29, 1.82) is 0 Å². The molecular formula is C16H13N3O2S2. The third-order valence-corrected chi connectivity index (χ3v) is 4.52. The highest BCUT2D eigenvalue weighted by Crippen LogP contribution is 2.17. The van der Waals surface area contributed by atoms with Crippen molar-refractivity contribution < 1.29 is 9.53 Å². The molecule has 0 aliphatic heterocycles. The van der Waals surface area contributed by atoms with Crippen LogP contribution in [0.25, 0.3) is 0 Å². The summed E-state index contributed by atoms with van der Waals surface area (Å²) in [5.41, 5.74) is 4.73. The number of rotatable bonds is 5. The van der Waals surface area contributed by atoms with Gasteiger partial charge in [0.05, 0.1) is 11.9 Å². The molecule has 0 fully saturated rings. The Morgan fingerprint density at radius 2 is 2.09 bits per heavy atom. The number of hydrogen-bond acceptors (Lipinski definition) is 7. The van der Waals surface area contributed by atoms with Crippen molar-refractivity contribution in [3.8, 4) is 5.75 Å². The molecule has 3 aromatic rings. The predicted molar refractivity (Wildman–Crippen MR) is 93.8 cm³/mol. The maximum atomic E-state index is 11.8. The fourth-order valence-electron chi connectivity index (χ4n) is 1.74. The highest BCUT2D eigenvalue weighted by atomic mass is 32.1. The number of thiazole rings is 1. The van der Waals surface area contributed by atoms with E-state index in [2.05, 4.69) is 15.5 Å². The zero-order valence-corrected chi connectivity index (χ0v) is 13.9. The second kappa shape index (κ2) is 7.17. The van der Waals surface area contributed by atoms with E-state index in [1.54, 1.807) is 24.4 Å². The number of nitrogens with zero attached hydrogens (tertiary/aromatic N) is 2. The molecule has 1 aromatic carbocycles. The lowest BCUT2D eigenvalue weighted by Gasteiger charge is -2.02. The van der Waals surface area contributed by atoms with Gasteiger partial charge in [-0.25, -0.2) is 9.78 Å². The molecule has 0 saturated heterocycles. The molecule has 3 rings (SSSR count). The molecule has 0 unspecified atom stereocenters. The van der Waals surface area contributed by atoms with Crippen LogP contribution in [0.1, 0.15) is 20.9 Å². The van der Waals surface area contributed by atoms with Crippen LogP contribution in [0, 0.1) is 6.92 Å². The molecule has 0 radical (unpaired) electrons. The SMILES string of the molecule is Cc1csc(NN=Cc2ccc(OC(=O)c3cccs3)cc2)n1. The summed E-state index contributed by atoms with van der Waals surface area (Å²) < 4.78 is 5.29. The van der Waals surface area contributed by atoms with E-state index in [1.807, 2.05) is 35.9 Å². The van der Waals surface area contributed by atoms with Crippen molar-refractivity contribution in [1.82, 2.24) is 4.98 Å². The van der Waals surface area contributed by atoms with Gasteiger partial charge in [0.25, 0.3) is 0 Å². The van der Waals surface area contributed by atoms with E-state index in [1.165, 1.54) is 22.7 Å². The predicted octanol–water partition coefficient (Wildman–Crippen LogP) is 4.18. The van der Waals surface area contributed by atoms with Gasteiger partial charge < -0.3 is 4.74 Å². The molecule has 2 heterocycles. The van der Waals surface area contributed by atoms with E-state index in [0.29, 0.717) is 10.6 Å². The van der Waals surface area contributed by atoms with Crippen LogP contribution < -0.4 is 10.2 Å². The number of aryl methyl sites for hydroxylation is 1. The van der Waals surface area contributed by atoms with Gasteiger partial charge in [-0.15, -0.1) is 22.7 Å². The third-order valence-electron chi connectivity index (χ3n) is 2.81. The Morgan fingerprint density at radius 3 is 2.74 bits per heavy atom. The van der Waals surface area contributed by atoms with Crippen LogP contribution in [0.5, 0.6) is 5.75 Å². The number of benzene rings is 1. The molecule has 0 aliphatic rings. The molecule has 2 aromatic heterocycles. The number of carbonyl (C=O) groups excluding carboxylic acids is 1. The lowest BCUT2D eigenvalue weighted by molar-refractivity contribution is 0.0740. The lowest BCUT2D eigenvalue weighted by Crippen LogP contribution is -2.06. The van der Waals surface area contributed by atoms with Gasteiger partial charge in [0, 0.05) is 5.38 Å². The van der Waals surface area contributed by atoms with E-state index in [9.17, 15) is 4.79 Å². The first kappa shape index (κ1) is 15.4. The van der Waals surface area contributed by atoms with E-state index in [0.717, 1.165) is 16.4 Å². The van der Waals surface area contributed by atoms with Crippen molar-refractivity contribution in [3.63, 3.8) is 0 Å². The Morgan fingerprint density at radius 1 is 1.26 bits per heavy atom. The fraction of sp³-hybridized carbons (Fsp3) is 0.0625. The Bertz CT molecular complexity index is 808. The summed E-state index contributed by atoms with van der Waals surface area (Å²) in [6.45, 7) is 1.93. The molecule has 0 saturated carbocycles. The summed E-state index contributed by atoms with van der Waals surface area (Å²) in [5, 5.41) is 8.67. The van der Waals surface area contributed by atoms with E-state index in [-0.39, 0.29) is 5.97 Å². The molecule has 0 bridgehead atoms. The Labute approximate surface area is 141 Å². The average molecular weight is 343 g/mol. The zero-order chi connectivity index (χ0) is 16.1. The van der Waals surface area contributed by atoms with E-state index in [4.69, 9.17) is 4.74 Å². The summed E-state index contributed by atoms with van der Waals surface area (Å²) in [4.78, 5) is 16.7. The van der Waals surface area contributed by atoms with E-state index >= 15 is 0 Å². The van der Waals surface area contributed by atoms with Crippen LogP contribution in [-0.2, 0) is 0 Å². The summed E-state index contributed by atoms with van der Waals surface area (Å²) in [6, 6.07) is 10.7. The van der Waals surface area contributed by atoms with Gasteiger partial charge in [-0.3, -0.25) is 5.43 Å². The van der Waals surface area contributed by atoms with Gasteiger partial charge in [0.15, 0.2) is 0 Å². The molecule has 0 atom stereocenters. The van der Waals surface area contributed by atoms with Crippen LogP contribution in [0.4, 0.5) is 5.13 Å². The molecule has 23 heavy (non-hydrogen) atoms. The van der Waals surface area contributed by atoms with Gasteiger partial charge in [-0.1, -0.05) is 6.07 Å². The summed E-state index contributed by atoms with van der Waals surface area (Å²) in [7, 11) is 0. The number of hydrogen-bond donors (Lipinski definition) is 1. The minimum atomic E-state index is -0.345. The van der Waals surface area contributed by atoms with Crippen LogP contribution in [0.2, 0.25) is 0 Å². The van der Waals surface area contributed by atoms with Gasteiger partial charge in [-0.2, -0.15) is 5.10 Å². The number of aromatic nitrogens is 1. The van der Waals surface area contributed by atoms with Gasteiger partial charge in [-0.05, 0) is 48.2 Å². The summed E-state index contributed by atoms with van der Waals surface area (Å²) in [5.74, 6) is 0.159. The smallest absolute Gasteiger partial charge is 0.353 e. The van der Waals surface area contributed by atoms with Crippen LogP contribution in [0.3, 0.4) is 0 Å². The first-order chi connectivity index (χ1) is 11.2. The Balaban J connectivity index is 1.57. The molecule has 0 amide bonds. The zero-order valence-electron chi connectivity index (χ0n) is 12.2. The van der Waals surface area contributed by atoms with Crippen molar-refractivity contribution in [3.05, 3.63) is 63.3 Å². The van der Waals surface area contributed by atoms with Crippen molar-refractivity contribution >= 4 is 40.0 Å². The highest BCUT2D eigenvalue weighted by Gasteiger charge is 2.08. The number of anilines is 1. The molecular weight excluding hydrogens is 330 g/mol. The van der Waals surface area contributed by atoms with Crippen LogP contribution >= 0.6 is 22.7 Å². The van der Waals surface area contributed by atoms with Gasteiger partial charge in [0.1, 0.15) is 10.6 Å². The number of hydrazone groups is 1. The molecule has 0 aliphatic carbocycles. The summed E-state index contributed by atoms with van der Waals surface area (Å²) in [6.07, 6.45) is 1.68. The number of thiophene rings is 1. The quantitative estimate of drug-likeness (QED) is 0.327. The minimum absolute atomic E-state index is 0.345. The molecule has 0 spiro atoms. The number of carbonyl (C=O) groups is 1. The van der Waals surface area contributed by atoms with Gasteiger partial charge in [0.2, 0.25) is 5.13 Å². The average Bonchev–Trinajstić information content (AvgIpc) is 3.21. The second-order valence-corrected chi connectivity index (χ2v) is 6.41. The Kier molecular flexibility index (Phi) is 4.80. The second-order valence-electron chi connectivity index (χ2n) is 4.60. The number of esters is 1. The van der Waals surface area contributed by atoms with Crippen LogP contribution in [-0.4, -0.2) is 17.2 Å². The van der Waals surface area contributed by atoms with E-state index < -0.39 is 0 Å². The molecule has 116 valence electrons. The topological polar surface area (TPSA) is 63.6 Å².